The summed E-state index contributed by atoms with van der Waals surface area (Å²) < 4.78 is 17.1. The SMILES string of the molecule is CCCC(NC(=O)[C@@H]1C[C@@H](Oc2ccccc2)CN1C(=O)C(NC(=O)OCC(C)C)C1CCCCC1)C(=O)C(=O)NCC(=O)NC(COC(C)(C)C)C(N)=O. The van der Waals surface area contributed by atoms with Crippen LogP contribution < -0.4 is 31.7 Å². The summed E-state index contributed by atoms with van der Waals surface area (Å²) in [6.45, 7) is 10.2. The Morgan fingerprint density at radius 2 is 1.58 bits per heavy atom. The van der Waals surface area contributed by atoms with E-state index in [4.69, 9.17) is 19.9 Å². The van der Waals surface area contributed by atoms with Crippen LogP contribution in [0, 0.1) is 11.8 Å². The summed E-state index contributed by atoms with van der Waals surface area (Å²) in [6, 6.07) is 4.47. The molecule has 16 nitrogen and oxygen atoms in total. The Morgan fingerprint density at radius 3 is 2.18 bits per heavy atom. The van der Waals surface area contributed by atoms with Crippen molar-refractivity contribution in [2.24, 2.45) is 17.6 Å². The fraction of sp³-hybridized carbons (Fsp3) is 0.667. The topological polar surface area (TPSA) is 225 Å². The molecule has 1 aliphatic heterocycles. The van der Waals surface area contributed by atoms with Gasteiger partial charge in [-0.2, -0.15) is 0 Å². The van der Waals surface area contributed by atoms with Gasteiger partial charge in [0, 0.05) is 6.42 Å². The van der Waals surface area contributed by atoms with Gasteiger partial charge in [-0.25, -0.2) is 4.79 Å². The standard InChI is InChI=1S/C39H60N6O10/c1-7-14-28(33(47)36(50)41-20-31(46)42-29(34(40)48)23-54-39(4,5)6)43-35(49)30-19-27(55-26-17-12-9-13-18-26)21-45(30)37(51)32(25-15-10-8-11-16-25)44-38(52)53-22-24(2)3/h9,12-13,17-18,24-25,27-30,32H,7-8,10-11,14-16,19-23H2,1-6H3,(H2,40,48)(H,41,50)(H,42,46)(H,43,49)(H,44,52)/t27-,28?,29?,30+,32?/m1/s1. The van der Waals surface area contributed by atoms with E-state index in [0.29, 0.717) is 25.0 Å². The maximum absolute atomic E-state index is 14.5. The highest BCUT2D eigenvalue weighted by Gasteiger charge is 2.46. The first kappa shape index (κ1) is 44.7. The van der Waals surface area contributed by atoms with E-state index in [1.54, 1.807) is 52.0 Å². The first-order valence-corrected chi connectivity index (χ1v) is 19.3. The number of nitrogens with two attached hydrogens (primary N) is 1. The molecule has 1 aromatic rings. The van der Waals surface area contributed by atoms with E-state index >= 15 is 0 Å². The zero-order valence-corrected chi connectivity index (χ0v) is 33.0. The van der Waals surface area contributed by atoms with Crippen LogP contribution in [0.5, 0.6) is 5.75 Å². The summed E-state index contributed by atoms with van der Waals surface area (Å²) in [5, 5.41) is 10.1. The van der Waals surface area contributed by atoms with Crippen molar-refractivity contribution in [3.8, 4) is 5.75 Å². The van der Waals surface area contributed by atoms with E-state index in [0.717, 1.165) is 19.3 Å². The molecule has 16 heteroatoms. The van der Waals surface area contributed by atoms with Crippen molar-refractivity contribution in [1.29, 1.82) is 0 Å². The number of carbonyl (C=O) groups is 7. The molecular formula is C39H60N6O10. The molecule has 1 saturated heterocycles. The summed E-state index contributed by atoms with van der Waals surface area (Å²) in [4.78, 5) is 93.6. The number of rotatable bonds is 19. The van der Waals surface area contributed by atoms with Crippen LogP contribution in [0.4, 0.5) is 4.79 Å². The lowest BCUT2D eigenvalue weighted by atomic mass is 9.83. The smallest absolute Gasteiger partial charge is 0.407 e. The van der Waals surface area contributed by atoms with Crippen LogP contribution in [0.25, 0.3) is 0 Å². The molecule has 5 atom stereocenters. The molecule has 2 fully saturated rings. The highest BCUT2D eigenvalue weighted by molar-refractivity contribution is 6.38. The normalized spacial score (nSPS) is 19.1. The number of amides is 6. The van der Waals surface area contributed by atoms with Crippen LogP contribution >= 0.6 is 0 Å². The van der Waals surface area contributed by atoms with Crippen LogP contribution in [0.3, 0.4) is 0 Å². The Bertz CT molecular complexity index is 1480. The number of ketones is 1. The van der Waals surface area contributed by atoms with Gasteiger partial charge in [-0.3, -0.25) is 28.8 Å². The predicted molar refractivity (Wildman–Crippen MR) is 202 cm³/mol. The van der Waals surface area contributed by atoms with E-state index in [1.165, 1.54) is 4.90 Å². The van der Waals surface area contributed by atoms with Crippen LogP contribution in [-0.2, 0) is 38.2 Å². The van der Waals surface area contributed by atoms with Gasteiger partial charge in [0.15, 0.2) is 0 Å². The van der Waals surface area contributed by atoms with Gasteiger partial charge in [0.25, 0.3) is 5.91 Å². The van der Waals surface area contributed by atoms with Crippen molar-refractivity contribution in [3.63, 3.8) is 0 Å². The van der Waals surface area contributed by atoms with Gasteiger partial charge in [0.2, 0.25) is 29.4 Å². The summed E-state index contributed by atoms with van der Waals surface area (Å²) in [5.41, 5.74) is 4.79. The highest BCUT2D eigenvalue weighted by atomic mass is 16.5. The first-order chi connectivity index (χ1) is 26.0. The molecule has 6 N–H and O–H groups in total. The maximum atomic E-state index is 14.5. The third kappa shape index (κ3) is 14.8. The van der Waals surface area contributed by atoms with Crippen molar-refractivity contribution in [2.45, 2.75) is 129 Å². The van der Waals surface area contributed by atoms with Gasteiger partial charge in [0.05, 0.1) is 37.9 Å². The molecule has 1 aliphatic carbocycles. The zero-order valence-electron chi connectivity index (χ0n) is 33.0. The first-order valence-electron chi connectivity index (χ1n) is 19.3. The lowest BCUT2D eigenvalue weighted by molar-refractivity contribution is -0.143. The summed E-state index contributed by atoms with van der Waals surface area (Å²) in [7, 11) is 0. The second-order valence-corrected chi connectivity index (χ2v) is 15.7. The molecule has 1 saturated carbocycles. The molecule has 306 valence electrons. The Balaban J connectivity index is 1.77. The number of benzene rings is 1. The molecule has 6 amide bonds. The van der Waals surface area contributed by atoms with Gasteiger partial charge in [-0.1, -0.05) is 64.7 Å². The molecule has 3 rings (SSSR count). The average molecular weight is 773 g/mol. The largest absolute Gasteiger partial charge is 0.488 e. The van der Waals surface area contributed by atoms with E-state index in [2.05, 4.69) is 21.3 Å². The van der Waals surface area contributed by atoms with E-state index in [9.17, 15) is 33.6 Å². The number of hydrogen-bond acceptors (Lipinski definition) is 10. The number of para-hydroxylation sites is 1. The molecule has 1 aromatic carbocycles. The van der Waals surface area contributed by atoms with Crippen molar-refractivity contribution >= 4 is 41.4 Å². The van der Waals surface area contributed by atoms with Gasteiger partial charge >= 0.3 is 6.09 Å². The molecule has 0 radical (unpaired) electrons. The average Bonchev–Trinajstić information content (AvgIpc) is 3.57. The quantitative estimate of drug-likeness (QED) is 0.129. The van der Waals surface area contributed by atoms with Crippen molar-refractivity contribution in [3.05, 3.63) is 30.3 Å². The number of nitrogens with one attached hydrogen (secondary N) is 4. The fourth-order valence-corrected chi connectivity index (χ4v) is 6.51. The summed E-state index contributed by atoms with van der Waals surface area (Å²) in [5.74, 6) is -4.41. The molecule has 2 aliphatic rings. The van der Waals surface area contributed by atoms with E-state index in [-0.39, 0.29) is 44.4 Å². The van der Waals surface area contributed by atoms with Crippen LogP contribution in [-0.4, -0.2) is 108 Å². The Hall–Kier alpha value is -4.73. The van der Waals surface area contributed by atoms with Crippen LogP contribution in [0.2, 0.25) is 0 Å². The highest BCUT2D eigenvalue weighted by Crippen LogP contribution is 2.31. The van der Waals surface area contributed by atoms with Gasteiger partial charge in [-0.15, -0.1) is 0 Å². The summed E-state index contributed by atoms with van der Waals surface area (Å²) in [6.07, 6.45) is 3.50. The molecule has 0 spiro atoms. The minimum absolute atomic E-state index is 0.0346. The van der Waals surface area contributed by atoms with Gasteiger partial charge in [0.1, 0.15) is 30.0 Å². The third-order valence-corrected chi connectivity index (χ3v) is 9.31. The molecule has 3 unspecified atom stereocenters. The fourth-order valence-electron chi connectivity index (χ4n) is 6.51. The molecule has 0 aromatic heterocycles. The molecular weight excluding hydrogens is 712 g/mol. The number of likely N-dealkylation sites (tertiary alicyclic amines) is 1. The van der Waals surface area contributed by atoms with Gasteiger partial charge < -0.3 is 46.1 Å². The number of primary amides is 1. The van der Waals surface area contributed by atoms with Crippen LogP contribution in [0.1, 0.15) is 92.9 Å². The number of ether oxygens (including phenoxy) is 3. The second kappa shape index (κ2) is 21.4. The molecule has 0 bridgehead atoms. The number of Topliss-reactive ketones (excluding diaryl/α,β-unsaturated/α-hetero) is 1. The monoisotopic (exact) mass is 772 g/mol. The van der Waals surface area contributed by atoms with Crippen molar-refractivity contribution in [1.82, 2.24) is 26.2 Å². The number of alkyl carbamates (subject to hydrolysis) is 1. The Kier molecular flexibility index (Phi) is 17.4. The molecule has 1 heterocycles. The summed E-state index contributed by atoms with van der Waals surface area (Å²) >= 11 is 0. The van der Waals surface area contributed by atoms with E-state index in [1.807, 2.05) is 19.9 Å². The lowest BCUT2D eigenvalue weighted by Gasteiger charge is -2.34. The number of hydrogen-bond donors (Lipinski definition) is 5. The minimum Gasteiger partial charge on any atom is -0.488 e. The van der Waals surface area contributed by atoms with Crippen molar-refractivity contribution < 1.29 is 47.8 Å². The van der Waals surface area contributed by atoms with E-state index < -0.39 is 83.8 Å². The minimum atomic E-state index is -1.27. The Labute approximate surface area is 323 Å². The number of carbonyl (C=O) groups excluding carboxylic acids is 7. The number of nitrogens with zero attached hydrogens (tertiary/aromatic N) is 1. The van der Waals surface area contributed by atoms with Gasteiger partial charge in [-0.05, 0) is 64.0 Å². The Morgan fingerprint density at radius 1 is 0.909 bits per heavy atom. The predicted octanol–water partition coefficient (Wildman–Crippen LogP) is 2.12. The van der Waals surface area contributed by atoms with Crippen LogP contribution in [0.15, 0.2) is 30.3 Å². The second-order valence-electron chi connectivity index (χ2n) is 15.7. The maximum Gasteiger partial charge on any atom is 0.407 e. The third-order valence-electron chi connectivity index (χ3n) is 9.31. The lowest BCUT2D eigenvalue weighted by Crippen LogP contribution is -2.58. The van der Waals surface area contributed by atoms with Crippen molar-refractivity contribution in [2.75, 3.05) is 26.3 Å². The molecule has 55 heavy (non-hydrogen) atoms. The zero-order chi connectivity index (χ0) is 40.7.